The first kappa shape index (κ1) is 32.4. The number of aliphatic hydroxyl groups excluding tert-OH is 1. The van der Waals surface area contributed by atoms with Crippen LogP contribution < -0.4 is 10.6 Å². The highest BCUT2D eigenvalue weighted by Gasteiger charge is 2.33. The van der Waals surface area contributed by atoms with E-state index in [1.165, 1.54) is 0 Å². The Morgan fingerprint density at radius 1 is 1.03 bits per heavy atom. The van der Waals surface area contributed by atoms with Crippen LogP contribution in [0.25, 0.3) is 0 Å². The van der Waals surface area contributed by atoms with Crippen LogP contribution in [-0.4, -0.2) is 53.6 Å². The normalized spacial score (nSPS) is 13.8. The molecule has 31 heavy (non-hydrogen) atoms. The lowest BCUT2D eigenvalue weighted by Crippen LogP contribution is -2.44. The number of rotatable bonds is 13. The third-order valence-electron chi connectivity index (χ3n) is 4.43. The van der Waals surface area contributed by atoms with Crippen molar-refractivity contribution in [2.75, 3.05) is 26.3 Å². The van der Waals surface area contributed by atoms with E-state index < -0.39 is 10.3 Å². The molecule has 186 valence electrons. The number of nitrogens with one attached hydrogen (secondary N) is 2. The topological polar surface area (TPSA) is 87.7 Å². The van der Waals surface area contributed by atoms with Crippen LogP contribution in [0.15, 0.2) is 0 Å². The van der Waals surface area contributed by atoms with Crippen LogP contribution in [0.2, 0.25) is 0 Å². The van der Waals surface area contributed by atoms with Gasteiger partial charge in [-0.2, -0.15) is 12.6 Å². The lowest BCUT2D eigenvalue weighted by Gasteiger charge is -2.30. The van der Waals surface area contributed by atoms with Crippen molar-refractivity contribution in [2.45, 2.75) is 105 Å². The first-order valence-electron chi connectivity index (χ1n) is 11.6. The highest BCUT2D eigenvalue weighted by molar-refractivity contribution is 7.82. The summed E-state index contributed by atoms with van der Waals surface area (Å²) in [6.45, 7) is 19.7. The molecule has 3 N–H and O–H groups in total. The zero-order valence-electron chi connectivity index (χ0n) is 21.6. The Morgan fingerprint density at radius 3 is 2.06 bits per heavy atom. The number of ether oxygens (including phenoxy) is 1. The van der Waals surface area contributed by atoms with Gasteiger partial charge in [-0.1, -0.05) is 48.0 Å². The molecule has 0 aliphatic rings. The Balaban J connectivity index is 0. The van der Waals surface area contributed by atoms with Gasteiger partial charge in [-0.25, -0.2) is 0 Å². The first-order valence-corrected chi connectivity index (χ1v) is 12.0. The van der Waals surface area contributed by atoms with Crippen LogP contribution >= 0.6 is 12.6 Å². The monoisotopic (exact) mass is 462 g/mol. The lowest BCUT2D eigenvalue weighted by atomic mass is 9.84. The molecule has 0 rings (SSSR count). The quantitative estimate of drug-likeness (QED) is 0.242. The minimum atomic E-state index is -0.690. The fourth-order valence-electron chi connectivity index (χ4n) is 2.75. The second kappa shape index (κ2) is 15.9. The molecule has 2 amide bonds. The van der Waals surface area contributed by atoms with Crippen molar-refractivity contribution < 1.29 is 19.4 Å². The standard InChI is InChI=1S/C14H29NO3S.C10H21NO/c1-12(2,3)9-14(6,19)11(17)15-7-8-18-13(4,5)10-16;1-4-5-8-11-10(12)7-6-9(2)3/h16,19H,7-10H2,1-6H3,(H,15,17);9H,4-8H2,1-3H3,(H,11,12). The summed E-state index contributed by atoms with van der Waals surface area (Å²) in [5.41, 5.74) is -0.524. The molecule has 0 bridgehead atoms. The lowest BCUT2D eigenvalue weighted by molar-refractivity contribution is -0.124. The van der Waals surface area contributed by atoms with Crippen LogP contribution in [0, 0.1) is 11.3 Å². The highest BCUT2D eigenvalue weighted by Crippen LogP contribution is 2.31. The van der Waals surface area contributed by atoms with E-state index in [1.54, 1.807) is 13.8 Å². The zero-order chi connectivity index (χ0) is 24.7. The minimum absolute atomic E-state index is 0.0449. The van der Waals surface area contributed by atoms with Gasteiger partial charge >= 0.3 is 0 Å². The Kier molecular flexibility index (Phi) is 16.6. The van der Waals surface area contributed by atoms with E-state index in [1.807, 2.05) is 6.92 Å². The van der Waals surface area contributed by atoms with Crippen molar-refractivity contribution in [3.63, 3.8) is 0 Å². The third-order valence-corrected chi connectivity index (χ3v) is 4.79. The van der Waals surface area contributed by atoms with Gasteiger partial charge in [-0.05, 0) is 51.4 Å². The van der Waals surface area contributed by atoms with Gasteiger partial charge in [0.05, 0.1) is 23.6 Å². The summed E-state index contributed by atoms with van der Waals surface area (Å²) < 4.78 is 4.76. The van der Waals surface area contributed by atoms with Gasteiger partial charge in [-0.3, -0.25) is 9.59 Å². The maximum atomic E-state index is 12.0. The summed E-state index contributed by atoms with van der Waals surface area (Å²) in [6, 6.07) is 0. The predicted octanol–water partition coefficient (Wildman–Crippen LogP) is 4.35. The molecule has 0 saturated carbocycles. The third kappa shape index (κ3) is 20.8. The van der Waals surface area contributed by atoms with E-state index in [0.29, 0.717) is 31.9 Å². The summed E-state index contributed by atoms with van der Waals surface area (Å²) >= 11 is 4.46. The van der Waals surface area contributed by atoms with Crippen molar-refractivity contribution in [3.05, 3.63) is 0 Å². The van der Waals surface area contributed by atoms with Crippen LogP contribution in [0.5, 0.6) is 0 Å². The molecule has 0 saturated heterocycles. The second-order valence-electron chi connectivity index (χ2n) is 10.7. The summed E-state index contributed by atoms with van der Waals surface area (Å²) in [4.78, 5) is 23.2. The number of thiol groups is 1. The summed E-state index contributed by atoms with van der Waals surface area (Å²) in [6.07, 6.45) is 4.61. The first-order chi connectivity index (χ1) is 14.1. The van der Waals surface area contributed by atoms with E-state index in [0.717, 1.165) is 25.8 Å². The fourth-order valence-corrected chi connectivity index (χ4v) is 3.31. The molecule has 6 nitrogen and oxygen atoms in total. The molecule has 0 fully saturated rings. The molecular formula is C24H50N2O4S. The van der Waals surface area contributed by atoms with Gasteiger partial charge in [0.25, 0.3) is 0 Å². The minimum Gasteiger partial charge on any atom is -0.393 e. The number of carbonyl (C=O) groups is 2. The molecule has 0 radical (unpaired) electrons. The maximum Gasteiger partial charge on any atom is 0.235 e. The van der Waals surface area contributed by atoms with E-state index in [9.17, 15) is 9.59 Å². The number of amides is 2. The fraction of sp³-hybridized carbons (Fsp3) is 0.917. The predicted molar refractivity (Wildman–Crippen MR) is 134 cm³/mol. The van der Waals surface area contributed by atoms with Crippen molar-refractivity contribution in [1.82, 2.24) is 10.6 Å². The summed E-state index contributed by atoms with van der Waals surface area (Å²) in [5, 5.41) is 14.8. The SMILES string of the molecule is CC(C)(C)CC(C)(S)C(=O)NCCOC(C)(C)CO.CCCCNC(=O)CCC(C)C. The molecular weight excluding hydrogens is 412 g/mol. The van der Waals surface area contributed by atoms with Crippen molar-refractivity contribution >= 4 is 24.4 Å². The van der Waals surface area contributed by atoms with E-state index in [4.69, 9.17) is 9.84 Å². The molecule has 7 heteroatoms. The van der Waals surface area contributed by atoms with Crippen LogP contribution in [-0.2, 0) is 14.3 Å². The number of carbonyl (C=O) groups excluding carboxylic acids is 2. The number of unbranched alkanes of at least 4 members (excludes halogenated alkanes) is 1. The molecule has 1 unspecified atom stereocenters. The molecule has 0 aromatic carbocycles. The van der Waals surface area contributed by atoms with E-state index >= 15 is 0 Å². The molecule has 0 heterocycles. The number of aliphatic hydroxyl groups is 1. The van der Waals surface area contributed by atoms with Crippen LogP contribution in [0.4, 0.5) is 0 Å². The van der Waals surface area contributed by atoms with Gasteiger partial charge in [0.2, 0.25) is 11.8 Å². The molecule has 0 aromatic rings. The van der Waals surface area contributed by atoms with Gasteiger partial charge < -0.3 is 20.5 Å². The average Bonchev–Trinajstić information content (AvgIpc) is 2.62. The Morgan fingerprint density at radius 2 is 1.61 bits per heavy atom. The van der Waals surface area contributed by atoms with Gasteiger partial charge in [0.15, 0.2) is 0 Å². The zero-order valence-corrected chi connectivity index (χ0v) is 22.5. The van der Waals surface area contributed by atoms with E-state index in [2.05, 4.69) is 64.8 Å². The van der Waals surface area contributed by atoms with Crippen molar-refractivity contribution in [1.29, 1.82) is 0 Å². The van der Waals surface area contributed by atoms with Crippen LogP contribution in [0.1, 0.15) is 94.4 Å². The van der Waals surface area contributed by atoms with Crippen LogP contribution in [0.3, 0.4) is 0 Å². The molecule has 0 aliphatic heterocycles. The largest absolute Gasteiger partial charge is 0.393 e. The molecule has 0 aliphatic carbocycles. The Labute approximate surface area is 197 Å². The molecule has 0 aromatic heterocycles. The maximum absolute atomic E-state index is 12.0. The smallest absolute Gasteiger partial charge is 0.235 e. The van der Waals surface area contributed by atoms with Gasteiger partial charge in [0.1, 0.15) is 0 Å². The summed E-state index contributed by atoms with van der Waals surface area (Å²) in [7, 11) is 0. The molecule has 1 atom stereocenters. The Hall–Kier alpha value is -0.790. The van der Waals surface area contributed by atoms with Crippen molar-refractivity contribution in [2.24, 2.45) is 11.3 Å². The summed E-state index contributed by atoms with van der Waals surface area (Å²) in [5.74, 6) is 0.746. The number of hydrogen-bond acceptors (Lipinski definition) is 5. The van der Waals surface area contributed by atoms with Crippen molar-refractivity contribution in [3.8, 4) is 0 Å². The molecule has 0 spiro atoms. The average molecular weight is 463 g/mol. The van der Waals surface area contributed by atoms with Gasteiger partial charge in [0, 0.05) is 19.5 Å². The Bertz CT molecular complexity index is 500. The second-order valence-corrected chi connectivity index (χ2v) is 11.7. The van der Waals surface area contributed by atoms with Gasteiger partial charge in [-0.15, -0.1) is 0 Å². The number of hydrogen-bond donors (Lipinski definition) is 4. The van der Waals surface area contributed by atoms with E-state index in [-0.39, 0.29) is 23.8 Å². The highest BCUT2D eigenvalue weighted by atomic mass is 32.1.